The number of anilines is 1. The van der Waals surface area contributed by atoms with Gasteiger partial charge in [0.15, 0.2) is 0 Å². The Morgan fingerprint density at radius 1 is 1.02 bits per heavy atom. The van der Waals surface area contributed by atoms with Crippen LogP contribution in [-0.4, -0.2) is 74.6 Å². The molecule has 4 aromatic carbocycles. The number of carbonyl (C=O) groups is 3. The molecule has 0 unspecified atom stereocenters. The topological polar surface area (TPSA) is 122 Å². The molecule has 240 valence electrons. The van der Waals surface area contributed by atoms with Gasteiger partial charge in [-0.25, -0.2) is 9.80 Å². The zero-order valence-electron chi connectivity index (χ0n) is 25.3. The van der Waals surface area contributed by atoms with Crippen molar-refractivity contribution in [3.05, 3.63) is 106 Å². The maximum atomic E-state index is 14.2. The first-order valence-electron chi connectivity index (χ1n) is 15.0. The van der Waals surface area contributed by atoms with Crippen LogP contribution in [0.3, 0.4) is 0 Å². The van der Waals surface area contributed by atoms with E-state index in [4.69, 9.17) is 35.4 Å². The number of aromatic hydroxyl groups is 1. The Kier molecular flexibility index (Phi) is 9.14. The zero-order valence-corrected chi connectivity index (χ0v) is 26.8. The van der Waals surface area contributed by atoms with Crippen molar-refractivity contribution in [1.82, 2.24) is 25.1 Å². The minimum absolute atomic E-state index is 0.0700. The number of nitrogens with zero attached hydrogens (tertiary/aromatic N) is 4. The molecule has 2 aliphatic rings. The quantitative estimate of drug-likeness (QED) is 0.143. The minimum atomic E-state index is -0.892. The lowest BCUT2D eigenvalue weighted by atomic mass is 9.98. The van der Waals surface area contributed by atoms with Crippen LogP contribution in [0.2, 0.25) is 10.0 Å². The van der Waals surface area contributed by atoms with Crippen molar-refractivity contribution in [3.63, 3.8) is 0 Å². The first-order chi connectivity index (χ1) is 22.6. The van der Waals surface area contributed by atoms with Gasteiger partial charge in [0.2, 0.25) is 11.8 Å². The lowest BCUT2D eigenvalue weighted by Crippen LogP contribution is -2.66. The van der Waals surface area contributed by atoms with Crippen molar-refractivity contribution in [2.24, 2.45) is 0 Å². The van der Waals surface area contributed by atoms with Gasteiger partial charge in [0.1, 0.15) is 18.0 Å². The number of hydrazine groups is 1. The largest absolute Gasteiger partial charge is 0.506 e. The van der Waals surface area contributed by atoms with E-state index >= 15 is 0 Å². The SMILES string of the molecule is C#CCN(C(=O)NCc1ccc(Cl)c(Cl)c1)N1CC(=O)N2[C@@H](Cc3ccc(O)c(N)c3)C(=O)N(Cc3cccc4ccccc34)C[C@@H]21. The van der Waals surface area contributed by atoms with Gasteiger partial charge in [-0.05, 0) is 51.7 Å². The van der Waals surface area contributed by atoms with E-state index in [0.717, 1.165) is 21.9 Å². The van der Waals surface area contributed by atoms with Gasteiger partial charge in [-0.1, -0.05) is 83.7 Å². The number of hydrogen-bond donors (Lipinski definition) is 3. The second kappa shape index (κ2) is 13.4. The van der Waals surface area contributed by atoms with E-state index in [1.54, 1.807) is 45.1 Å². The van der Waals surface area contributed by atoms with Crippen molar-refractivity contribution in [3.8, 4) is 18.1 Å². The third-order valence-electron chi connectivity index (χ3n) is 8.54. The van der Waals surface area contributed by atoms with Crippen LogP contribution in [0.5, 0.6) is 5.75 Å². The number of rotatable bonds is 8. The summed E-state index contributed by atoms with van der Waals surface area (Å²) in [5.41, 5.74) is 8.50. The molecule has 47 heavy (non-hydrogen) atoms. The summed E-state index contributed by atoms with van der Waals surface area (Å²) in [5, 5.41) is 18.6. The van der Waals surface area contributed by atoms with Crippen molar-refractivity contribution in [2.75, 3.05) is 25.4 Å². The van der Waals surface area contributed by atoms with Gasteiger partial charge >= 0.3 is 6.03 Å². The molecule has 4 N–H and O–H groups in total. The molecule has 0 saturated carbocycles. The molecule has 2 fully saturated rings. The van der Waals surface area contributed by atoms with Crippen LogP contribution in [-0.2, 0) is 29.1 Å². The molecule has 2 aliphatic heterocycles. The van der Waals surface area contributed by atoms with Gasteiger partial charge in [0.25, 0.3) is 0 Å². The number of nitrogens with two attached hydrogens (primary N) is 1. The number of carbonyl (C=O) groups excluding carboxylic acids is 3. The van der Waals surface area contributed by atoms with E-state index < -0.39 is 18.2 Å². The number of halogens is 2. The Hall–Kier alpha value is -4.95. The fourth-order valence-electron chi connectivity index (χ4n) is 6.26. The fraction of sp³-hybridized carbons (Fsp3) is 0.229. The average Bonchev–Trinajstić information content (AvgIpc) is 3.38. The Bertz CT molecular complexity index is 1910. The molecule has 2 heterocycles. The number of nitrogens with one attached hydrogen (secondary N) is 1. The van der Waals surface area contributed by atoms with Crippen LogP contribution in [0.4, 0.5) is 10.5 Å². The molecule has 10 nitrogen and oxygen atoms in total. The second-order valence-electron chi connectivity index (χ2n) is 11.5. The van der Waals surface area contributed by atoms with Crippen molar-refractivity contribution in [2.45, 2.75) is 31.7 Å². The van der Waals surface area contributed by atoms with Gasteiger partial charge in [0, 0.05) is 19.5 Å². The molecule has 2 saturated heterocycles. The molecule has 12 heteroatoms. The number of fused-ring (bicyclic) bond motifs is 2. The average molecular weight is 672 g/mol. The van der Waals surface area contributed by atoms with E-state index in [-0.39, 0.29) is 55.9 Å². The molecule has 0 aromatic heterocycles. The summed E-state index contributed by atoms with van der Waals surface area (Å²) in [7, 11) is 0. The normalized spacial score (nSPS) is 17.9. The summed E-state index contributed by atoms with van der Waals surface area (Å²) >= 11 is 12.2. The molecule has 2 atom stereocenters. The molecule has 4 amide bonds. The number of hydrogen-bond acceptors (Lipinski definition) is 6. The molecule has 0 radical (unpaired) electrons. The molecule has 0 bridgehead atoms. The predicted octanol–water partition coefficient (Wildman–Crippen LogP) is 4.62. The number of terminal acetylenes is 1. The number of phenolic OH excluding ortho intramolecular Hbond substituents is 1. The van der Waals surface area contributed by atoms with Gasteiger partial charge in [-0.2, -0.15) is 5.01 Å². The predicted molar refractivity (Wildman–Crippen MR) is 181 cm³/mol. The lowest BCUT2D eigenvalue weighted by Gasteiger charge is -2.46. The molecule has 0 spiro atoms. The minimum Gasteiger partial charge on any atom is -0.506 e. The number of phenols is 1. The molecule has 0 aliphatic carbocycles. The number of amides is 4. The van der Waals surface area contributed by atoms with Gasteiger partial charge in [0.05, 0.1) is 35.4 Å². The third kappa shape index (κ3) is 6.51. The van der Waals surface area contributed by atoms with E-state index in [2.05, 4.69) is 11.2 Å². The molecular formula is C35H32Cl2N6O4. The van der Waals surface area contributed by atoms with E-state index in [1.165, 1.54) is 11.1 Å². The van der Waals surface area contributed by atoms with Crippen LogP contribution < -0.4 is 11.1 Å². The van der Waals surface area contributed by atoms with Crippen molar-refractivity contribution < 1.29 is 19.5 Å². The highest BCUT2D eigenvalue weighted by Crippen LogP contribution is 2.32. The monoisotopic (exact) mass is 670 g/mol. The number of urea groups is 1. The summed E-state index contributed by atoms with van der Waals surface area (Å²) in [6.07, 6.45) is 5.19. The number of benzene rings is 4. The Balaban J connectivity index is 1.32. The fourth-order valence-corrected chi connectivity index (χ4v) is 6.59. The van der Waals surface area contributed by atoms with Crippen molar-refractivity contribution >= 4 is 57.5 Å². The van der Waals surface area contributed by atoms with Crippen molar-refractivity contribution in [1.29, 1.82) is 0 Å². The highest BCUT2D eigenvalue weighted by Gasteiger charge is 2.52. The standard InChI is InChI=1S/C35H32Cl2N6O4/c1-2-14-41(35(47)39-18-23-10-12-27(36)28(37)15-23)42-21-33(45)43-30(17-22-11-13-31(44)29(38)16-22)34(46)40(20-32(42)43)19-25-8-5-7-24-6-3-4-9-26(24)25/h1,3-13,15-16,30,32,44H,14,17-21,38H2,(H,39,47)/t30-,32+/m0/s1. The maximum absolute atomic E-state index is 14.2. The Morgan fingerprint density at radius 2 is 1.79 bits per heavy atom. The summed E-state index contributed by atoms with van der Waals surface area (Å²) in [6.45, 7) is 0.309. The van der Waals surface area contributed by atoms with Gasteiger partial charge in [-0.15, -0.1) is 6.42 Å². The second-order valence-corrected chi connectivity index (χ2v) is 12.3. The highest BCUT2D eigenvalue weighted by molar-refractivity contribution is 6.42. The summed E-state index contributed by atoms with van der Waals surface area (Å²) in [5.74, 6) is 1.91. The first kappa shape index (κ1) is 32.0. The Morgan fingerprint density at radius 3 is 2.55 bits per heavy atom. The van der Waals surface area contributed by atoms with Crippen LogP contribution >= 0.6 is 23.2 Å². The lowest BCUT2D eigenvalue weighted by molar-refractivity contribution is -0.157. The summed E-state index contributed by atoms with van der Waals surface area (Å²) in [4.78, 5) is 44.9. The Labute approximate surface area is 282 Å². The molecular weight excluding hydrogens is 639 g/mol. The number of piperazine rings is 1. The van der Waals surface area contributed by atoms with E-state index in [1.807, 2.05) is 42.5 Å². The zero-order chi connectivity index (χ0) is 33.2. The summed E-state index contributed by atoms with van der Waals surface area (Å²) < 4.78 is 0. The van der Waals surface area contributed by atoms with Gasteiger partial charge in [-0.3, -0.25) is 9.59 Å². The maximum Gasteiger partial charge on any atom is 0.333 e. The van der Waals surface area contributed by atoms with Gasteiger partial charge < -0.3 is 26.0 Å². The highest BCUT2D eigenvalue weighted by atomic mass is 35.5. The number of nitrogen functional groups attached to an aromatic ring is 1. The van der Waals surface area contributed by atoms with E-state index in [0.29, 0.717) is 22.2 Å². The van der Waals surface area contributed by atoms with Crippen LogP contribution in [0.15, 0.2) is 78.9 Å². The molecule has 4 aromatic rings. The van der Waals surface area contributed by atoms with Crippen LogP contribution in [0, 0.1) is 12.3 Å². The smallest absolute Gasteiger partial charge is 0.333 e. The third-order valence-corrected chi connectivity index (χ3v) is 9.28. The summed E-state index contributed by atoms with van der Waals surface area (Å²) in [6, 6.07) is 22.3. The first-order valence-corrected chi connectivity index (χ1v) is 15.7. The molecule has 6 rings (SSSR count). The van der Waals surface area contributed by atoms with E-state index in [9.17, 15) is 19.5 Å². The van der Waals surface area contributed by atoms with Crippen LogP contribution in [0.25, 0.3) is 10.8 Å². The van der Waals surface area contributed by atoms with Crippen LogP contribution in [0.1, 0.15) is 16.7 Å².